The lowest BCUT2D eigenvalue weighted by molar-refractivity contribution is -0.123. The van der Waals surface area contributed by atoms with Gasteiger partial charge in [-0.1, -0.05) is 32.9 Å². The molecule has 0 bridgehead atoms. The molecule has 118 valence electrons. The van der Waals surface area contributed by atoms with Crippen LogP contribution < -0.4 is 15.4 Å². The molecule has 0 aliphatic heterocycles. The number of benzene rings is 1. The Bertz CT molecular complexity index is 411. The third-order valence-electron chi connectivity index (χ3n) is 3.45. The second-order valence-electron chi connectivity index (χ2n) is 5.64. The van der Waals surface area contributed by atoms with Crippen molar-refractivity contribution in [2.75, 3.05) is 20.2 Å². The van der Waals surface area contributed by atoms with Crippen LogP contribution in [0.1, 0.15) is 45.2 Å². The van der Waals surface area contributed by atoms with Gasteiger partial charge in [0.05, 0.1) is 0 Å². The Morgan fingerprint density at radius 1 is 1.24 bits per heavy atom. The first-order valence-electron chi connectivity index (χ1n) is 7.73. The molecule has 0 fully saturated rings. The molecule has 4 heteroatoms. The largest absolute Gasteiger partial charge is 0.484 e. The number of nitrogens with one attached hydrogen (secondary N) is 2. The van der Waals surface area contributed by atoms with Crippen molar-refractivity contribution in [2.24, 2.45) is 5.92 Å². The first kappa shape index (κ1) is 17.5. The lowest BCUT2D eigenvalue weighted by Crippen LogP contribution is -2.30. The second-order valence-corrected chi connectivity index (χ2v) is 5.64. The first-order chi connectivity index (χ1) is 10.1. The SMILES string of the molecule is CCC(NC)c1ccc(OCC(=O)NCCC(C)C)cc1. The van der Waals surface area contributed by atoms with E-state index in [2.05, 4.69) is 31.4 Å². The van der Waals surface area contributed by atoms with E-state index in [0.717, 1.165) is 18.6 Å². The lowest BCUT2D eigenvalue weighted by Gasteiger charge is -2.14. The zero-order valence-electron chi connectivity index (χ0n) is 13.6. The van der Waals surface area contributed by atoms with Crippen molar-refractivity contribution in [3.63, 3.8) is 0 Å². The average Bonchev–Trinajstić information content (AvgIpc) is 2.47. The Morgan fingerprint density at radius 3 is 2.43 bits per heavy atom. The summed E-state index contributed by atoms with van der Waals surface area (Å²) in [6.07, 6.45) is 2.03. The summed E-state index contributed by atoms with van der Waals surface area (Å²) in [4.78, 5) is 11.6. The third kappa shape index (κ3) is 6.63. The van der Waals surface area contributed by atoms with E-state index >= 15 is 0 Å². The molecule has 0 heterocycles. The van der Waals surface area contributed by atoms with E-state index in [1.165, 1.54) is 5.56 Å². The minimum atomic E-state index is -0.0682. The Balaban J connectivity index is 2.37. The molecule has 0 spiro atoms. The fraction of sp³-hybridized carbons (Fsp3) is 0.588. The molecule has 0 aliphatic carbocycles. The van der Waals surface area contributed by atoms with Gasteiger partial charge in [-0.2, -0.15) is 0 Å². The standard InChI is InChI=1S/C17H28N2O2/c1-5-16(18-4)14-6-8-15(9-7-14)21-12-17(20)19-11-10-13(2)3/h6-9,13,16,18H,5,10-12H2,1-4H3,(H,19,20). The first-order valence-corrected chi connectivity index (χ1v) is 7.73. The Kier molecular flexibility index (Phi) is 7.83. The molecule has 0 saturated carbocycles. The molecule has 21 heavy (non-hydrogen) atoms. The van der Waals surface area contributed by atoms with Crippen molar-refractivity contribution in [1.82, 2.24) is 10.6 Å². The molecule has 2 N–H and O–H groups in total. The van der Waals surface area contributed by atoms with Crippen LogP contribution >= 0.6 is 0 Å². The maximum absolute atomic E-state index is 11.6. The molecular weight excluding hydrogens is 264 g/mol. The van der Waals surface area contributed by atoms with Crippen LogP contribution in [0, 0.1) is 5.92 Å². The number of hydrogen-bond acceptors (Lipinski definition) is 3. The summed E-state index contributed by atoms with van der Waals surface area (Å²) in [5.41, 5.74) is 1.23. The monoisotopic (exact) mass is 292 g/mol. The number of ether oxygens (including phenoxy) is 1. The van der Waals surface area contributed by atoms with Gasteiger partial charge in [0.25, 0.3) is 5.91 Å². The van der Waals surface area contributed by atoms with E-state index in [1.807, 2.05) is 31.3 Å². The van der Waals surface area contributed by atoms with Gasteiger partial charge in [0.1, 0.15) is 5.75 Å². The van der Waals surface area contributed by atoms with Gasteiger partial charge >= 0.3 is 0 Å². The van der Waals surface area contributed by atoms with Gasteiger partial charge in [0.2, 0.25) is 0 Å². The maximum atomic E-state index is 11.6. The second kappa shape index (κ2) is 9.40. The Labute approximate surface area is 128 Å². The molecule has 1 aromatic rings. The smallest absolute Gasteiger partial charge is 0.257 e. The highest BCUT2D eigenvalue weighted by atomic mass is 16.5. The number of carbonyl (C=O) groups is 1. The van der Waals surface area contributed by atoms with Gasteiger partial charge in [-0.25, -0.2) is 0 Å². The van der Waals surface area contributed by atoms with E-state index in [4.69, 9.17) is 4.74 Å². The van der Waals surface area contributed by atoms with Crippen molar-refractivity contribution < 1.29 is 9.53 Å². The van der Waals surface area contributed by atoms with Crippen molar-refractivity contribution in [1.29, 1.82) is 0 Å². The van der Waals surface area contributed by atoms with Crippen molar-refractivity contribution in [3.05, 3.63) is 29.8 Å². The number of rotatable bonds is 9. The number of hydrogen-bond donors (Lipinski definition) is 2. The molecule has 0 radical (unpaired) electrons. The van der Waals surface area contributed by atoms with E-state index in [-0.39, 0.29) is 12.5 Å². The van der Waals surface area contributed by atoms with Crippen LogP contribution in [-0.2, 0) is 4.79 Å². The van der Waals surface area contributed by atoms with Crippen molar-refractivity contribution in [3.8, 4) is 5.75 Å². The maximum Gasteiger partial charge on any atom is 0.257 e. The fourth-order valence-electron chi connectivity index (χ4n) is 2.10. The van der Waals surface area contributed by atoms with Crippen LogP contribution in [0.15, 0.2) is 24.3 Å². The minimum absolute atomic E-state index is 0.0682. The predicted octanol–water partition coefficient (Wildman–Crippen LogP) is 2.90. The van der Waals surface area contributed by atoms with E-state index in [1.54, 1.807) is 0 Å². The highest BCUT2D eigenvalue weighted by Gasteiger charge is 2.07. The molecule has 0 aromatic heterocycles. The normalized spacial score (nSPS) is 12.2. The fourth-order valence-corrected chi connectivity index (χ4v) is 2.10. The topological polar surface area (TPSA) is 50.4 Å². The number of amides is 1. The summed E-state index contributed by atoms with van der Waals surface area (Å²) in [5, 5.41) is 6.12. The van der Waals surface area contributed by atoms with E-state index < -0.39 is 0 Å². The van der Waals surface area contributed by atoms with E-state index in [0.29, 0.717) is 18.5 Å². The van der Waals surface area contributed by atoms with Crippen LogP contribution in [-0.4, -0.2) is 26.1 Å². The minimum Gasteiger partial charge on any atom is -0.484 e. The van der Waals surface area contributed by atoms with Crippen LogP contribution in [0.25, 0.3) is 0 Å². The Morgan fingerprint density at radius 2 is 1.90 bits per heavy atom. The zero-order chi connectivity index (χ0) is 15.7. The summed E-state index contributed by atoms with van der Waals surface area (Å²) in [7, 11) is 1.96. The molecule has 1 unspecified atom stereocenters. The van der Waals surface area contributed by atoms with Crippen LogP contribution in [0.2, 0.25) is 0 Å². The summed E-state index contributed by atoms with van der Waals surface area (Å²) in [6, 6.07) is 8.26. The molecule has 1 rings (SSSR count). The predicted molar refractivity (Wildman–Crippen MR) is 86.5 cm³/mol. The van der Waals surface area contributed by atoms with Crippen LogP contribution in [0.3, 0.4) is 0 Å². The zero-order valence-corrected chi connectivity index (χ0v) is 13.6. The molecule has 0 aliphatic rings. The van der Waals surface area contributed by atoms with Crippen LogP contribution in [0.4, 0.5) is 0 Å². The third-order valence-corrected chi connectivity index (χ3v) is 3.45. The highest BCUT2D eigenvalue weighted by Crippen LogP contribution is 2.19. The molecule has 1 atom stereocenters. The highest BCUT2D eigenvalue weighted by molar-refractivity contribution is 5.77. The van der Waals surface area contributed by atoms with Gasteiger partial charge < -0.3 is 15.4 Å². The van der Waals surface area contributed by atoms with E-state index in [9.17, 15) is 4.79 Å². The quantitative estimate of drug-likeness (QED) is 0.736. The number of carbonyl (C=O) groups excluding carboxylic acids is 1. The molecule has 4 nitrogen and oxygen atoms in total. The van der Waals surface area contributed by atoms with Crippen molar-refractivity contribution >= 4 is 5.91 Å². The van der Waals surface area contributed by atoms with Gasteiger partial charge in [-0.3, -0.25) is 4.79 Å². The van der Waals surface area contributed by atoms with Gasteiger partial charge in [-0.05, 0) is 43.5 Å². The average molecular weight is 292 g/mol. The lowest BCUT2D eigenvalue weighted by atomic mass is 10.1. The Hall–Kier alpha value is -1.55. The van der Waals surface area contributed by atoms with Gasteiger partial charge in [-0.15, -0.1) is 0 Å². The summed E-state index contributed by atoms with van der Waals surface area (Å²) in [6.45, 7) is 7.20. The molecule has 1 aromatic carbocycles. The van der Waals surface area contributed by atoms with Gasteiger partial charge in [0, 0.05) is 12.6 Å². The van der Waals surface area contributed by atoms with Crippen molar-refractivity contribution in [2.45, 2.75) is 39.7 Å². The molecule has 0 saturated heterocycles. The van der Waals surface area contributed by atoms with Crippen LogP contribution in [0.5, 0.6) is 5.75 Å². The summed E-state index contributed by atoms with van der Waals surface area (Å²) >= 11 is 0. The molecular formula is C17H28N2O2. The summed E-state index contributed by atoms with van der Waals surface area (Å²) < 4.78 is 5.49. The summed E-state index contributed by atoms with van der Waals surface area (Å²) in [5.74, 6) is 1.25. The molecule has 1 amide bonds. The van der Waals surface area contributed by atoms with Gasteiger partial charge in [0.15, 0.2) is 6.61 Å².